The third-order valence-electron chi connectivity index (χ3n) is 5.83. The predicted octanol–water partition coefficient (Wildman–Crippen LogP) is 5.39. The van der Waals surface area contributed by atoms with Crippen LogP contribution in [-0.4, -0.2) is 53.9 Å². The highest BCUT2D eigenvalue weighted by Crippen LogP contribution is 2.26. The van der Waals surface area contributed by atoms with Gasteiger partial charge in [0.25, 0.3) is 5.91 Å². The minimum Gasteiger partial charge on any atom is -0.497 e. The van der Waals surface area contributed by atoms with Crippen LogP contribution in [0.5, 0.6) is 5.75 Å². The lowest BCUT2D eigenvalue weighted by molar-refractivity contribution is -0.140. The summed E-state index contributed by atoms with van der Waals surface area (Å²) >= 11 is 4.33. The van der Waals surface area contributed by atoms with Crippen LogP contribution in [0, 0.1) is 0 Å². The Labute approximate surface area is 231 Å². The predicted molar refractivity (Wildman–Crippen MR) is 154 cm³/mol. The number of nitrogens with one attached hydrogen (secondary N) is 2. The van der Waals surface area contributed by atoms with E-state index in [1.165, 1.54) is 4.90 Å². The molecule has 3 amide bonds. The van der Waals surface area contributed by atoms with Crippen LogP contribution in [0.15, 0.2) is 48.5 Å². The number of unbranched alkanes of at least 4 members (excludes halogenated alkanes) is 1. The lowest BCUT2D eigenvalue weighted by atomic mass is 10.00. The zero-order valence-electron chi connectivity index (χ0n) is 23.2. The number of alkyl carbamates (subject to hydrolysis) is 1. The molecule has 0 aliphatic heterocycles. The Kier molecular flexibility index (Phi) is 12.0. The van der Waals surface area contributed by atoms with E-state index in [1.54, 1.807) is 52.1 Å². The van der Waals surface area contributed by atoms with Crippen LogP contribution >= 0.6 is 12.6 Å². The SMILES string of the molecule is CCCCN(C(=O)C(CS)NC(=O)OC(C)(C)C)C(C(=O)Nc1ccc(OC)cc1)c1ccc(CC)cc1. The monoisotopic (exact) mass is 543 g/mol. The Morgan fingerprint density at radius 2 is 1.63 bits per heavy atom. The average molecular weight is 544 g/mol. The summed E-state index contributed by atoms with van der Waals surface area (Å²) in [6.07, 6.45) is 1.63. The topological polar surface area (TPSA) is 97.0 Å². The number of carbonyl (C=O) groups excluding carboxylic acids is 3. The number of nitrogens with zero attached hydrogens (tertiary/aromatic N) is 1. The number of methoxy groups -OCH3 is 1. The maximum absolute atomic E-state index is 13.9. The van der Waals surface area contributed by atoms with Gasteiger partial charge >= 0.3 is 6.09 Å². The molecule has 0 radical (unpaired) electrons. The van der Waals surface area contributed by atoms with Crippen molar-refractivity contribution in [3.8, 4) is 5.75 Å². The van der Waals surface area contributed by atoms with Crippen molar-refractivity contribution < 1.29 is 23.9 Å². The van der Waals surface area contributed by atoms with Crippen molar-refractivity contribution in [1.82, 2.24) is 10.2 Å². The number of carbonyl (C=O) groups is 3. The first kappa shape index (κ1) is 31.0. The molecule has 0 saturated heterocycles. The molecular weight excluding hydrogens is 502 g/mol. The van der Waals surface area contributed by atoms with Gasteiger partial charge in [0, 0.05) is 18.0 Å². The molecule has 38 heavy (non-hydrogen) atoms. The van der Waals surface area contributed by atoms with Crippen LogP contribution in [-0.2, 0) is 20.7 Å². The average Bonchev–Trinajstić information content (AvgIpc) is 2.88. The molecule has 0 aliphatic rings. The Hall–Kier alpha value is -3.20. The molecule has 208 valence electrons. The zero-order chi connectivity index (χ0) is 28.3. The van der Waals surface area contributed by atoms with Crippen molar-refractivity contribution in [2.45, 2.75) is 71.6 Å². The molecule has 0 aliphatic carbocycles. The van der Waals surface area contributed by atoms with Gasteiger partial charge in [-0.15, -0.1) is 0 Å². The molecule has 0 aromatic heterocycles. The summed E-state index contributed by atoms with van der Waals surface area (Å²) in [6, 6.07) is 12.8. The van der Waals surface area contributed by atoms with E-state index in [9.17, 15) is 14.4 Å². The normalized spacial score (nSPS) is 12.7. The lowest BCUT2D eigenvalue weighted by Crippen LogP contribution is -2.53. The van der Waals surface area contributed by atoms with Gasteiger partial charge in [-0.3, -0.25) is 9.59 Å². The smallest absolute Gasteiger partial charge is 0.408 e. The summed E-state index contributed by atoms with van der Waals surface area (Å²) in [4.78, 5) is 41.7. The summed E-state index contributed by atoms with van der Waals surface area (Å²) in [7, 11) is 1.57. The minimum atomic E-state index is -0.976. The van der Waals surface area contributed by atoms with E-state index in [0.29, 0.717) is 30.0 Å². The lowest BCUT2D eigenvalue weighted by Gasteiger charge is -2.34. The number of amides is 3. The van der Waals surface area contributed by atoms with E-state index in [0.717, 1.165) is 18.4 Å². The molecule has 0 bridgehead atoms. The van der Waals surface area contributed by atoms with Gasteiger partial charge in [-0.25, -0.2) is 4.79 Å². The van der Waals surface area contributed by atoms with Crippen molar-refractivity contribution in [1.29, 1.82) is 0 Å². The highest BCUT2D eigenvalue weighted by atomic mass is 32.1. The number of ether oxygens (including phenoxy) is 2. The highest BCUT2D eigenvalue weighted by molar-refractivity contribution is 7.80. The Bertz CT molecular complexity index is 1050. The van der Waals surface area contributed by atoms with E-state index >= 15 is 0 Å². The van der Waals surface area contributed by atoms with Gasteiger partial charge in [-0.1, -0.05) is 44.5 Å². The number of hydrogen-bond donors (Lipinski definition) is 3. The van der Waals surface area contributed by atoms with Gasteiger partial charge in [0.15, 0.2) is 0 Å². The van der Waals surface area contributed by atoms with E-state index in [-0.39, 0.29) is 11.7 Å². The summed E-state index contributed by atoms with van der Waals surface area (Å²) in [6.45, 7) is 9.64. The van der Waals surface area contributed by atoms with Crippen LogP contribution in [0.1, 0.15) is 64.6 Å². The summed E-state index contributed by atoms with van der Waals surface area (Å²) < 4.78 is 10.6. The third kappa shape index (κ3) is 9.28. The molecule has 2 aromatic carbocycles. The second-order valence-electron chi connectivity index (χ2n) is 9.98. The van der Waals surface area contributed by atoms with Gasteiger partial charge in [-0.2, -0.15) is 12.6 Å². The molecule has 0 saturated carbocycles. The first-order valence-corrected chi connectivity index (χ1v) is 13.6. The van der Waals surface area contributed by atoms with Crippen LogP contribution in [0.4, 0.5) is 10.5 Å². The van der Waals surface area contributed by atoms with Crippen LogP contribution < -0.4 is 15.4 Å². The third-order valence-corrected chi connectivity index (χ3v) is 6.19. The van der Waals surface area contributed by atoms with Gasteiger partial charge in [0.05, 0.1) is 7.11 Å². The quantitative estimate of drug-likeness (QED) is 0.312. The first-order chi connectivity index (χ1) is 18.0. The number of aryl methyl sites for hydroxylation is 1. The summed E-state index contributed by atoms with van der Waals surface area (Å²) in [5.41, 5.74) is 1.64. The molecule has 2 unspecified atom stereocenters. The second-order valence-corrected chi connectivity index (χ2v) is 10.3. The molecule has 9 heteroatoms. The van der Waals surface area contributed by atoms with Crippen LogP contribution in [0.2, 0.25) is 0 Å². The molecular formula is C29H41N3O5S. The Balaban J connectivity index is 2.45. The number of hydrogen-bond acceptors (Lipinski definition) is 6. The molecule has 2 N–H and O–H groups in total. The molecule has 0 heterocycles. The largest absolute Gasteiger partial charge is 0.497 e. The van der Waals surface area contributed by atoms with Crippen molar-refractivity contribution in [2.75, 3.05) is 24.7 Å². The van der Waals surface area contributed by atoms with Gasteiger partial charge in [0.2, 0.25) is 5.91 Å². The second kappa shape index (κ2) is 14.7. The standard InChI is InChI=1S/C29H41N3O5S/c1-7-9-18-32(27(34)24(19-38)31-28(35)37-29(3,4)5)25(21-12-10-20(8-2)11-13-21)26(33)30-22-14-16-23(36-6)17-15-22/h10-17,24-25,38H,7-9,18-19H2,1-6H3,(H,30,33)(H,31,35). The van der Waals surface area contributed by atoms with E-state index < -0.39 is 29.7 Å². The van der Waals surface area contributed by atoms with Crippen molar-refractivity contribution >= 4 is 36.2 Å². The van der Waals surface area contributed by atoms with Crippen LogP contribution in [0.3, 0.4) is 0 Å². The zero-order valence-corrected chi connectivity index (χ0v) is 24.1. The summed E-state index contributed by atoms with van der Waals surface area (Å²) in [5.74, 6) is -0.0606. The highest BCUT2D eigenvalue weighted by Gasteiger charge is 2.35. The van der Waals surface area contributed by atoms with Gasteiger partial charge in [-0.05, 0) is 69.0 Å². The van der Waals surface area contributed by atoms with Crippen molar-refractivity contribution in [3.05, 3.63) is 59.7 Å². The molecule has 0 fully saturated rings. The van der Waals surface area contributed by atoms with E-state index in [2.05, 4.69) is 30.2 Å². The Morgan fingerprint density at radius 3 is 2.13 bits per heavy atom. The van der Waals surface area contributed by atoms with Gasteiger partial charge < -0.3 is 25.0 Å². The molecule has 2 atom stereocenters. The maximum atomic E-state index is 13.9. The molecule has 2 rings (SSSR count). The molecule has 8 nitrogen and oxygen atoms in total. The summed E-state index contributed by atoms with van der Waals surface area (Å²) in [5, 5.41) is 5.57. The number of benzene rings is 2. The first-order valence-electron chi connectivity index (χ1n) is 13.0. The van der Waals surface area contributed by atoms with Crippen molar-refractivity contribution in [2.24, 2.45) is 0 Å². The Morgan fingerprint density at radius 1 is 1.00 bits per heavy atom. The fourth-order valence-electron chi connectivity index (χ4n) is 3.82. The van der Waals surface area contributed by atoms with Gasteiger partial charge in [0.1, 0.15) is 23.4 Å². The van der Waals surface area contributed by atoms with E-state index in [4.69, 9.17) is 9.47 Å². The number of rotatable bonds is 12. The molecule has 0 spiro atoms. The maximum Gasteiger partial charge on any atom is 0.408 e. The number of anilines is 1. The fraction of sp³-hybridized carbons (Fsp3) is 0.483. The van der Waals surface area contributed by atoms with Crippen LogP contribution in [0.25, 0.3) is 0 Å². The number of thiol groups is 1. The van der Waals surface area contributed by atoms with E-state index in [1.807, 2.05) is 31.2 Å². The molecule has 2 aromatic rings. The minimum absolute atomic E-state index is 0.0439. The van der Waals surface area contributed by atoms with Crippen molar-refractivity contribution in [3.63, 3.8) is 0 Å². The fourth-order valence-corrected chi connectivity index (χ4v) is 4.07.